The van der Waals surface area contributed by atoms with E-state index in [2.05, 4.69) is 9.88 Å². The van der Waals surface area contributed by atoms with E-state index in [1.807, 2.05) is 10.6 Å². The fourth-order valence-corrected chi connectivity index (χ4v) is 2.91. The van der Waals surface area contributed by atoms with Crippen LogP contribution in [-0.4, -0.2) is 34.1 Å². The summed E-state index contributed by atoms with van der Waals surface area (Å²) in [7, 11) is 0. The number of aromatic nitrogens is 2. The Bertz CT molecular complexity index is 610. The maximum Gasteiger partial charge on any atom is 0.178 e. The molecule has 0 saturated carbocycles. The van der Waals surface area contributed by atoms with E-state index in [1.54, 1.807) is 6.07 Å². The second-order valence-electron chi connectivity index (χ2n) is 4.76. The molecule has 2 heterocycles. The standard InChI is InChI=1S/C13H16FN3S/c14-10-4-3-5-11-12(10)15-13(18)17(11)9-8-16-6-1-2-7-16/h3-5H,1-2,6-9H2,(H,15,18). The van der Waals surface area contributed by atoms with Crippen LogP contribution in [0.15, 0.2) is 18.2 Å². The Hall–Kier alpha value is -1.20. The minimum Gasteiger partial charge on any atom is -0.328 e. The molecular weight excluding hydrogens is 249 g/mol. The van der Waals surface area contributed by atoms with E-state index in [-0.39, 0.29) is 5.82 Å². The summed E-state index contributed by atoms with van der Waals surface area (Å²) in [6.07, 6.45) is 2.57. The first-order chi connectivity index (χ1) is 8.75. The Balaban J connectivity index is 1.89. The summed E-state index contributed by atoms with van der Waals surface area (Å²) >= 11 is 5.27. The lowest BCUT2D eigenvalue weighted by molar-refractivity contribution is 0.323. The van der Waals surface area contributed by atoms with Crippen LogP contribution < -0.4 is 0 Å². The number of halogens is 1. The molecule has 96 valence electrons. The normalized spacial score (nSPS) is 16.7. The summed E-state index contributed by atoms with van der Waals surface area (Å²) in [6, 6.07) is 5.10. The van der Waals surface area contributed by atoms with E-state index in [1.165, 1.54) is 32.0 Å². The highest BCUT2D eigenvalue weighted by Crippen LogP contribution is 2.17. The van der Waals surface area contributed by atoms with Crippen LogP contribution >= 0.6 is 12.2 Å². The van der Waals surface area contributed by atoms with Crippen LogP contribution in [0.25, 0.3) is 11.0 Å². The Labute approximate surface area is 110 Å². The second kappa shape index (κ2) is 4.82. The van der Waals surface area contributed by atoms with Gasteiger partial charge in [0.15, 0.2) is 4.77 Å². The van der Waals surface area contributed by atoms with E-state index in [4.69, 9.17) is 12.2 Å². The van der Waals surface area contributed by atoms with Gasteiger partial charge in [-0.15, -0.1) is 0 Å². The molecule has 0 radical (unpaired) electrons. The highest BCUT2D eigenvalue weighted by molar-refractivity contribution is 7.71. The van der Waals surface area contributed by atoms with E-state index >= 15 is 0 Å². The zero-order valence-electron chi connectivity index (χ0n) is 10.2. The highest BCUT2D eigenvalue weighted by atomic mass is 32.1. The van der Waals surface area contributed by atoms with Gasteiger partial charge in [-0.25, -0.2) is 4.39 Å². The number of H-pyrrole nitrogens is 1. The first kappa shape index (κ1) is 11.9. The molecule has 1 aromatic heterocycles. The number of nitrogens with zero attached hydrogens (tertiary/aromatic N) is 2. The van der Waals surface area contributed by atoms with E-state index in [9.17, 15) is 4.39 Å². The van der Waals surface area contributed by atoms with Crippen LogP contribution in [0, 0.1) is 10.6 Å². The maximum atomic E-state index is 13.6. The predicted octanol–water partition coefficient (Wildman–Crippen LogP) is 2.93. The minimum atomic E-state index is -0.237. The maximum absolute atomic E-state index is 13.6. The average Bonchev–Trinajstić information content (AvgIpc) is 2.95. The van der Waals surface area contributed by atoms with Gasteiger partial charge in [0.2, 0.25) is 0 Å². The summed E-state index contributed by atoms with van der Waals surface area (Å²) in [4.78, 5) is 5.39. The lowest BCUT2D eigenvalue weighted by Crippen LogP contribution is -2.24. The molecule has 1 aromatic carbocycles. The smallest absolute Gasteiger partial charge is 0.178 e. The number of hydrogen-bond acceptors (Lipinski definition) is 2. The van der Waals surface area contributed by atoms with Crippen LogP contribution in [0.4, 0.5) is 4.39 Å². The first-order valence-corrected chi connectivity index (χ1v) is 6.76. The fourth-order valence-electron chi connectivity index (χ4n) is 2.61. The summed E-state index contributed by atoms with van der Waals surface area (Å²) in [5, 5.41) is 0. The molecule has 1 fully saturated rings. The Kier molecular flexibility index (Phi) is 3.18. The van der Waals surface area contributed by atoms with E-state index in [0.717, 1.165) is 18.6 Å². The van der Waals surface area contributed by atoms with Crippen molar-refractivity contribution < 1.29 is 4.39 Å². The van der Waals surface area contributed by atoms with Gasteiger partial charge in [0.05, 0.1) is 5.52 Å². The van der Waals surface area contributed by atoms with Crippen molar-refractivity contribution in [1.82, 2.24) is 14.5 Å². The number of likely N-dealkylation sites (tertiary alicyclic amines) is 1. The number of benzene rings is 1. The molecule has 0 amide bonds. The molecule has 3 nitrogen and oxygen atoms in total. The molecular formula is C13H16FN3S. The number of aromatic amines is 1. The molecule has 1 saturated heterocycles. The molecule has 18 heavy (non-hydrogen) atoms. The SMILES string of the molecule is Fc1cccc2c1[nH]c(=S)n2CCN1CCCC1. The van der Waals surface area contributed by atoms with Crippen LogP contribution in [0.5, 0.6) is 0 Å². The van der Waals surface area contributed by atoms with Crippen LogP contribution in [-0.2, 0) is 6.54 Å². The highest BCUT2D eigenvalue weighted by Gasteiger charge is 2.13. The summed E-state index contributed by atoms with van der Waals surface area (Å²) in [6.45, 7) is 4.15. The van der Waals surface area contributed by atoms with Gasteiger partial charge in [-0.1, -0.05) is 6.07 Å². The summed E-state index contributed by atoms with van der Waals surface area (Å²) < 4.78 is 16.2. The van der Waals surface area contributed by atoms with Crippen molar-refractivity contribution >= 4 is 23.3 Å². The molecule has 0 aliphatic carbocycles. The van der Waals surface area contributed by atoms with Gasteiger partial charge in [0.1, 0.15) is 11.3 Å². The number of nitrogens with one attached hydrogen (secondary N) is 1. The second-order valence-corrected chi connectivity index (χ2v) is 5.15. The zero-order valence-corrected chi connectivity index (χ0v) is 11.0. The monoisotopic (exact) mass is 265 g/mol. The topological polar surface area (TPSA) is 24.0 Å². The van der Waals surface area contributed by atoms with Crippen molar-refractivity contribution in [2.45, 2.75) is 19.4 Å². The summed E-state index contributed by atoms with van der Waals surface area (Å²) in [5.74, 6) is -0.237. The molecule has 2 aromatic rings. The number of rotatable bonds is 3. The predicted molar refractivity (Wildman–Crippen MR) is 72.8 cm³/mol. The van der Waals surface area contributed by atoms with Crippen molar-refractivity contribution in [3.05, 3.63) is 28.8 Å². The third-order valence-corrected chi connectivity index (χ3v) is 3.92. The quantitative estimate of drug-likeness (QED) is 0.863. The van der Waals surface area contributed by atoms with Gasteiger partial charge in [-0.2, -0.15) is 0 Å². The van der Waals surface area contributed by atoms with Crippen molar-refractivity contribution in [1.29, 1.82) is 0 Å². The molecule has 5 heteroatoms. The minimum absolute atomic E-state index is 0.237. The average molecular weight is 265 g/mol. The van der Waals surface area contributed by atoms with Crippen LogP contribution in [0.2, 0.25) is 0 Å². The first-order valence-electron chi connectivity index (χ1n) is 6.35. The Morgan fingerprint density at radius 3 is 2.78 bits per heavy atom. The van der Waals surface area contributed by atoms with Crippen LogP contribution in [0.1, 0.15) is 12.8 Å². The molecule has 1 aliphatic heterocycles. The van der Waals surface area contributed by atoms with Gasteiger partial charge in [0, 0.05) is 13.1 Å². The van der Waals surface area contributed by atoms with E-state index in [0.29, 0.717) is 10.3 Å². The molecule has 0 bridgehead atoms. The largest absolute Gasteiger partial charge is 0.328 e. The van der Waals surface area contributed by atoms with Crippen molar-refractivity contribution in [2.75, 3.05) is 19.6 Å². The van der Waals surface area contributed by atoms with Gasteiger partial charge >= 0.3 is 0 Å². The van der Waals surface area contributed by atoms with Gasteiger partial charge in [-0.05, 0) is 50.3 Å². The van der Waals surface area contributed by atoms with Gasteiger partial charge in [0.25, 0.3) is 0 Å². The summed E-state index contributed by atoms with van der Waals surface area (Å²) in [5.41, 5.74) is 1.38. The van der Waals surface area contributed by atoms with Gasteiger partial charge in [-0.3, -0.25) is 0 Å². The van der Waals surface area contributed by atoms with Crippen molar-refractivity contribution in [2.24, 2.45) is 0 Å². The van der Waals surface area contributed by atoms with Crippen molar-refractivity contribution in [3.8, 4) is 0 Å². The third kappa shape index (κ3) is 2.08. The number of fused-ring (bicyclic) bond motifs is 1. The van der Waals surface area contributed by atoms with Crippen molar-refractivity contribution in [3.63, 3.8) is 0 Å². The molecule has 3 rings (SSSR count). The molecule has 0 atom stereocenters. The zero-order chi connectivity index (χ0) is 12.5. The molecule has 0 unspecified atom stereocenters. The lowest BCUT2D eigenvalue weighted by atomic mass is 10.3. The Morgan fingerprint density at radius 1 is 1.22 bits per heavy atom. The molecule has 1 aliphatic rings. The number of hydrogen-bond donors (Lipinski definition) is 1. The van der Waals surface area contributed by atoms with E-state index < -0.39 is 0 Å². The third-order valence-electron chi connectivity index (χ3n) is 3.60. The lowest BCUT2D eigenvalue weighted by Gasteiger charge is -2.14. The molecule has 1 N–H and O–H groups in total. The van der Waals surface area contributed by atoms with Gasteiger partial charge < -0.3 is 14.5 Å². The number of para-hydroxylation sites is 1. The number of imidazole rings is 1. The van der Waals surface area contributed by atoms with Crippen LogP contribution in [0.3, 0.4) is 0 Å². The molecule has 0 spiro atoms. The fraction of sp³-hybridized carbons (Fsp3) is 0.462. The Morgan fingerprint density at radius 2 is 2.00 bits per heavy atom.